The Hall–Kier alpha value is -1.43. The van der Waals surface area contributed by atoms with Crippen molar-refractivity contribution in [2.24, 2.45) is 5.92 Å². The van der Waals surface area contributed by atoms with Gasteiger partial charge in [0.1, 0.15) is 6.04 Å². The fraction of sp³-hybridized carbons (Fsp3) is 0.650. The second-order valence-corrected chi connectivity index (χ2v) is 7.30. The number of aryl methyl sites for hydroxylation is 1. The second kappa shape index (κ2) is 9.90. The molecule has 1 fully saturated rings. The first kappa shape index (κ1) is 19.9. The summed E-state index contributed by atoms with van der Waals surface area (Å²) in [5, 5.41) is 3.18. The molecule has 1 saturated heterocycles. The van der Waals surface area contributed by atoms with Crippen LogP contribution in [0.1, 0.15) is 30.0 Å². The minimum atomic E-state index is -0.234. The zero-order chi connectivity index (χ0) is 18.2. The van der Waals surface area contributed by atoms with Crippen LogP contribution in [0.3, 0.4) is 0 Å². The highest BCUT2D eigenvalue weighted by Gasteiger charge is 2.25. The largest absolute Gasteiger partial charge is 0.383 e. The van der Waals surface area contributed by atoms with Crippen LogP contribution in [0.4, 0.5) is 0 Å². The van der Waals surface area contributed by atoms with Crippen molar-refractivity contribution in [3.8, 4) is 0 Å². The average Bonchev–Trinajstić information content (AvgIpc) is 2.60. The molecule has 1 aliphatic rings. The molecule has 1 atom stereocenters. The third-order valence-electron chi connectivity index (χ3n) is 5.04. The van der Waals surface area contributed by atoms with Gasteiger partial charge in [-0.15, -0.1) is 0 Å². The van der Waals surface area contributed by atoms with E-state index in [1.807, 2.05) is 31.1 Å². The number of carbonyl (C=O) groups is 1. The maximum atomic E-state index is 12.7. The van der Waals surface area contributed by atoms with E-state index in [1.165, 1.54) is 5.56 Å². The SMILES string of the molecule is COCCN1CCC(CNC(=O)[C@H](c2ccc(C)cc2)N(C)C)CC1. The summed E-state index contributed by atoms with van der Waals surface area (Å²) < 4.78 is 5.15. The maximum Gasteiger partial charge on any atom is 0.241 e. The average molecular weight is 348 g/mol. The molecule has 140 valence electrons. The molecule has 2 rings (SSSR count). The Balaban J connectivity index is 1.83. The van der Waals surface area contributed by atoms with Crippen molar-refractivity contribution >= 4 is 5.91 Å². The molecule has 1 amide bonds. The number of rotatable bonds is 8. The molecule has 1 aromatic rings. The van der Waals surface area contributed by atoms with Crippen LogP contribution < -0.4 is 5.32 Å². The Kier molecular flexibility index (Phi) is 7.88. The van der Waals surface area contributed by atoms with Gasteiger partial charge in [0.2, 0.25) is 5.91 Å². The van der Waals surface area contributed by atoms with Crippen LogP contribution in [0.5, 0.6) is 0 Å². The van der Waals surface area contributed by atoms with Crippen molar-refractivity contribution in [3.05, 3.63) is 35.4 Å². The molecule has 0 aromatic heterocycles. The number of carbonyl (C=O) groups excluding carboxylic acids is 1. The van der Waals surface area contributed by atoms with Crippen molar-refractivity contribution in [2.75, 3.05) is 54.0 Å². The van der Waals surface area contributed by atoms with Gasteiger partial charge in [-0.3, -0.25) is 9.69 Å². The third-order valence-corrected chi connectivity index (χ3v) is 5.04. The zero-order valence-electron chi connectivity index (χ0n) is 16.1. The minimum Gasteiger partial charge on any atom is -0.383 e. The Morgan fingerprint density at radius 1 is 1.28 bits per heavy atom. The molecule has 25 heavy (non-hydrogen) atoms. The Morgan fingerprint density at radius 3 is 2.48 bits per heavy atom. The molecule has 0 saturated carbocycles. The number of benzene rings is 1. The van der Waals surface area contributed by atoms with E-state index in [4.69, 9.17) is 4.74 Å². The Labute approximate surface area is 152 Å². The highest BCUT2D eigenvalue weighted by atomic mass is 16.5. The predicted octanol–water partition coefficient (Wildman–Crippen LogP) is 2.07. The van der Waals surface area contributed by atoms with Gasteiger partial charge in [0.25, 0.3) is 0 Å². The van der Waals surface area contributed by atoms with Crippen molar-refractivity contribution in [1.29, 1.82) is 0 Å². The van der Waals surface area contributed by atoms with Crippen molar-refractivity contribution in [2.45, 2.75) is 25.8 Å². The topological polar surface area (TPSA) is 44.8 Å². The normalized spacial score (nSPS) is 17.6. The van der Waals surface area contributed by atoms with Gasteiger partial charge in [-0.2, -0.15) is 0 Å². The number of ether oxygens (including phenoxy) is 1. The van der Waals surface area contributed by atoms with Gasteiger partial charge in [0.05, 0.1) is 6.61 Å². The summed E-state index contributed by atoms with van der Waals surface area (Å²) in [6, 6.07) is 7.99. The van der Waals surface area contributed by atoms with Gasteiger partial charge in [-0.25, -0.2) is 0 Å². The molecule has 1 N–H and O–H groups in total. The Bertz CT molecular complexity index is 522. The number of methoxy groups -OCH3 is 1. The molecule has 0 unspecified atom stereocenters. The number of amides is 1. The molecule has 1 aromatic carbocycles. The molecule has 1 heterocycles. The summed E-state index contributed by atoms with van der Waals surface area (Å²) in [6.07, 6.45) is 2.28. The van der Waals surface area contributed by atoms with E-state index in [-0.39, 0.29) is 11.9 Å². The lowest BCUT2D eigenvalue weighted by Gasteiger charge is -2.32. The van der Waals surface area contributed by atoms with Crippen LogP contribution in [0.2, 0.25) is 0 Å². The maximum absolute atomic E-state index is 12.7. The van der Waals surface area contributed by atoms with Gasteiger partial charge in [-0.05, 0) is 58.4 Å². The zero-order valence-corrected chi connectivity index (χ0v) is 16.1. The summed E-state index contributed by atoms with van der Waals surface area (Å²) >= 11 is 0. The van der Waals surface area contributed by atoms with Crippen LogP contribution in [-0.2, 0) is 9.53 Å². The van der Waals surface area contributed by atoms with Crippen LogP contribution >= 0.6 is 0 Å². The first-order valence-corrected chi connectivity index (χ1v) is 9.23. The lowest BCUT2D eigenvalue weighted by molar-refractivity contribution is -0.126. The van der Waals surface area contributed by atoms with E-state index in [2.05, 4.69) is 29.3 Å². The van der Waals surface area contributed by atoms with E-state index in [0.29, 0.717) is 5.92 Å². The first-order valence-electron chi connectivity index (χ1n) is 9.23. The van der Waals surface area contributed by atoms with Crippen LogP contribution in [-0.4, -0.2) is 69.7 Å². The van der Waals surface area contributed by atoms with E-state index >= 15 is 0 Å². The fourth-order valence-electron chi connectivity index (χ4n) is 3.41. The van der Waals surface area contributed by atoms with Crippen LogP contribution in [0.25, 0.3) is 0 Å². The van der Waals surface area contributed by atoms with Crippen LogP contribution in [0.15, 0.2) is 24.3 Å². The molecule has 1 aliphatic heterocycles. The summed E-state index contributed by atoms with van der Waals surface area (Å²) in [4.78, 5) is 17.2. The number of hydrogen-bond acceptors (Lipinski definition) is 4. The van der Waals surface area contributed by atoms with E-state index in [9.17, 15) is 4.79 Å². The van der Waals surface area contributed by atoms with Crippen molar-refractivity contribution in [3.63, 3.8) is 0 Å². The lowest BCUT2D eigenvalue weighted by Crippen LogP contribution is -2.42. The predicted molar refractivity (Wildman–Crippen MR) is 102 cm³/mol. The number of piperidine rings is 1. The van der Waals surface area contributed by atoms with E-state index < -0.39 is 0 Å². The summed E-state index contributed by atoms with van der Waals surface area (Å²) in [5.74, 6) is 0.666. The number of nitrogens with one attached hydrogen (secondary N) is 1. The van der Waals surface area contributed by atoms with Gasteiger partial charge in [-0.1, -0.05) is 29.8 Å². The summed E-state index contributed by atoms with van der Waals surface area (Å²) in [5.41, 5.74) is 2.25. The van der Waals surface area contributed by atoms with Gasteiger partial charge < -0.3 is 15.0 Å². The lowest BCUT2D eigenvalue weighted by atomic mass is 9.96. The van der Waals surface area contributed by atoms with Crippen molar-refractivity contribution < 1.29 is 9.53 Å². The highest BCUT2D eigenvalue weighted by molar-refractivity contribution is 5.83. The van der Waals surface area contributed by atoms with E-state index in [1.54, 1.807) is 7.11 Å². The highest BCUT2D eigenvalue weighted by Crippen LogP contribution is 2.20. The minimum absolute atomic E-state index is 0.0932. The molecule has 0 bridgehead atoms. The molecule has 0 radical (unpaired) electrons. The molecule has 0 aliphatic carbocycles. The smallest absolute Gasteiger partial charge is 0.241 e. The third kappa shape index (κ3) is 6.10. The van der Waals surface area contributed by atoms with Gasteiger partial charge >= 0.3 is 0 Å². The quantitative estimate of drug-likeness (QED) is 0.782. The van der Waals surface area contributed by atoms with Crippen LogP contribution in [0, 0.1) is 12.8 Å². The monoisotopic (exact) mass is 347 g/mol. The Morgan fingerprint density at radius 2 is 1.92 bits per heavy atom. The number of nitrogens with zero attached hydrogens (tertiary/aromatic N) is 2. The summed E-state index contributed by atoms with van der Waals surface area (Å²) in [6.45, 7) is 6.83. The molecule has 5 heteroatoms. The molecule has 0 spiro atoms. The van der Waals surface area contributed by atoms with E-state index in [0.717, 1.165) is 51.2 Å². The van der Waals surface area contributed by atoms with Gasteiger partial charge in [0, 0.05) is 20.2 Å². The van der Waals surface area contributed by atoms with Gasteiger partial charge in [0.15, 0.2) is 0 Å². The first-order chi connectivity index (χ1) is 12.0. The fourth-order valence-corrected chi connectivity index (χ4v) is 3.41. The number of likely N-dealkylation sites (N-methyl/N-ethyl adjacent to an activating group) is 1. The second-order valence-electron chi connectivity index (χ2n) is 7.30. The molecule has 5 nitrogen and oxygen atoms in total. The standard InChI is InChI=1S/C20H33N3O2/c1-16-5-7-18(8-6-16)19(22(2)3)20(24)21-15-17-9-11-23(12-10-17)13-14-25-4/h5-8,17,19H,9-15H2,1-4H3,(H,21,24)/t19-/m0/s1. The molecular weight excluding hydrogens is 314 g/mol. The molecular formula is C20H33N3O2. The van der Waals surface area contributed by atoms with Crippen molar-refractivity contribution in [1.82, 2.24) is 15.1 Å². The number of hydrogen-bond donors (Lipinski definition) is 1. The number of likely N-dealkylation sites (tertiary alicyclic amines) is 1. The summed E-state index contributed by atoms with van der Waals surface area (Å²) in [7, 11) is 5.66.